The van der Waals surface area contributed by atoms with Gasteiger partial charge in [-0.15, -0.1) is 56.7 Å². The first-order valence-corrected chi connectivity index (χ1v) is 54.6. The maximum Gasteiger partial charge on any atom is 0.194 e. The lowest BCUT2D eigenvalue weighted by molar-refractivity contribution is 0.103. The Labute approximate surface area is 819 Å². The molecule has 0 saturated heterocycles. The molecule has 135 heavy (non-hydrogen) atoms. The van der Waals surface area contributed by atoms with Gasteiger partial charge in [0.2, 0.25) is 0 Å². The molecular formula is C120H128F4N4O2S5. The van der Waals surface area contributed by atoms with Gasteiger partial charge in [0.1, 0.15) is 35.4 Å². The van der Waals surface area contributed by atoms with E-state index < -0.39 is 45.7 Å². The molecule has 11 aromatic rings. The van der Waals surface area contributed by atoms with Gasteiger partial charge in [0, 0.05) is 64.6 Å². The van der Waals surface area contributed by atoms with Crippen molar-refractivity contribution in [3.63, 3.8) is 0 Å². The molecule has 0 saturated carbocycles. The second-order valence-electron chi connectivity index (χ2n) is 38.5. The van der Waals surface area contributed by atoms with E-state index in [9.17, 15) is 30.6 Å². The van der Waals surface area contributed by atoms with Crippen LogP contribution in [0.2, 0.25) is 0 Å². The van der Waals surface area contributed by atoms with Crippen molar-refractivity contribution in [2.75, 3.05) is 0 Å². The fourth-order valence-electron chi connectivity index (χ4n) is 22.1. The predicted octanol–water partition coefficient (Wildman–Crippen LogP) is 36.1. The molecule has 4 aliphatic rings. The largest absolute Gasteiger partial charge is 0.289 e. The molecular weight excluding hydrogens is 1770 g/mol. The zero-order valence-electron chi connectivity index (χ0n) is 80.1. The van der Waals surface area contributed by atoms with Crippen molar-refractivity contribution >= 4 is 110 Å². The lowest BCUT2D eigenvalue weighted by atomic mass is 9.67. The number of ketones is 2. The Morgan fingerprint density at radius 1 is 0.326 bits per heavy atom. The van der Waals surface area contributed by atoms with Crippen LogP contribution in [0.5, 0.6) is 0 Å². The van der Waals surface area contributed by atoms with E-state index in [-0.39, 0.29) is 55.7 Å². The Morgan fingerprint density at radius 2 is 0.622 bits per heavy atom. The van der Waals surface area contributed by atoms with E-state index >= 15 is 17.6 Å². The second-order valence-corrected chi connectivity index (χ2v) is 43.7. The van der Waals surface area contributed by atoms with Gasteiger partial charge in [0.05, 0.1) is 44.4 Å². The number of hydrogen-bond donors (Lipinski definition) is 0. The Bertz CT molecular complexity index is 6310. The van der Waals surface area contributed by atoms with Crippen LogP contribution in [0.25, 0.3) is 61.6 Å². The van der Waals surface area contributed by atoms with Gasteiger partial charge >= 0.3 is 0 Å². The number of carbonyl (C=O) groups excluding carboxylic acids is 2. The number of Topliss-reactive ketones (excluding diaryl/α,β-unsaturated/α-hetero) is 2. The van der Waals surface area contributed by atoms with Crippen molar-refractivity contribution < 1.29 is 27.2 Å². The molecule has 0 spiro atoms. The van der Waals surface area contributed by atoms with E-state index in [1.807, 2.05) is 70.4 Å². The summed E-state index contributed by atoms with van der Waals surface area (Å²) in [6.07, 6.45) is 53.2. The van der Waals surface area contributed by atoms with Crippen LogP contribution in [-0.2, 0) is 36.5 Å². The lowest BCUT2D eigenvalue weighted by Gasteiger charge is -2.34. The Morgan fingerprint density at radius 3 is 0.963 bits per heavy atom. The summed E-state index contributed by atoms with van der Waals surface area (Å²) in [7, 11) is 0. The van der Waals surface area contributed by atoms with E-state index in [0.29, 0.717) is 23.7 Å². The van der Waals surface area contributed by atoms with Crippen molar-refractivity contribution in [1.29, 1.82) is 21.0 Å². The number of carbonyl (C=O) groups is 2. The third kappa shape index (κ3) is 20.7. The minimum absolute atomic E-state index is 0.00527. The Balaban J connectivity index is 0.991. The summed E-state index contributed by atoms with van der Waals surface area (Å²) in [6.45, 7) is 18.4. The SMILES string of the molecule is CCCCCCC(CCCC)Cc1ccc(C2(c3ccc(CC(CCCC)CCCCCC)cc3)c3cc(/C=C/C=C4\C(=O)c5cc(F)c(F)cc5C4=C(C#N)C#N)sc3-c3sc4c5c(sc4c32)-c2sc3cc(/C=C/C=C4\C(=O)c6cc(F)c(F)cc6C4=C(C#N)C#N)sc3c2C5(c2ccc(CC(CCCC)CCCCCC)cc2)c2ccc(CC(CCCC)CCCCCC)cc2)cc1. The standard InChI is InChI=1S/C120H128F4N4O2S5/c1-9-17-25-29-39-77(35-21-13-5)63-81-47-55-87(56-48-81)119(88-57-49-82(50-58-88)64-78(36-22-14-6)40-30-26-18-10-2)99-67-91(43-33-45-93-105(85(73-125)74-126)95-69-100(121)102(123)71-97(95)110(93)129)131-112(99)114-108(119)116-118(134-114)109-117(135-116)115-107(113-104(133-115)68-92(132-113)44-34-46-94-106(86(75-127)76-128)96-70-101(122)103(124)72-98(96)111(94)130)120(109,89-59-51-83(52-60-89)65-79(37-23-15-7)41-31-27-19-11-3)90-61-53-84(54-62-90)66-80(38-24-16-8)42-32-28-20-12-4/h33-34,43-62,67-72,77-80H,9-32,35-42,63-66H2,1-8H3/b43-33+,44-34+,93-45-,94-46-. The fraction of sp³-hybridized carbons (Fsp3) is 0.417. The van der Waals surface area contributed by atoms with E-state index in [1.165, 1.54) is 265 Å². The number of benzene rings is 6. The highest BCUT2D eigenvalue weighted by Gasteiger charge is 2.56. The summed E-state index contributed by atoms with van der Waals surface area (Å²) in [6, 6.07) is 55.1. The highest BCUT2D eigenvalue weighted by Crippen LogP contribution is 2.71. The zero-order valence-corrected chi connectivity index (χ0v) is 84.2. The quantitative estimate of drug-likeness (QED) is 0.0162. The summed E-state index contributed by atoms with van der Waals surface area (Å²) in [5.74, 6) is -3.76. The smallest absolute Gasteiger partial charge is 0.194 e. The third-order valence-electron chi connectivity index (χ3n) is 29.1. The van der Waals surface area contributed by atoms with Crippen LogP contribution in [0.4, 0.5) is 17.6 Å². The van der Waals surface area contributed by atoms with Crippen molar-refractivity contribution in [1.82, 2.24) is 0 Å². The topological polar surface area (TPSA) is 129 Å². The van der Waals surface area contributed by atoms with Gasteiger partial charge in [-0.3, -0.25) is 9.59 Å². The molecule has 15 rings (SSSR count). The van der Waals surface area contributed by atoms with Gasteiger partial charge in [-0.05, 0) is 159 Å². The highest BCUT2D eigenvalue weighted by molar-refractivity contribution is 7.36. The summed E-state index contributed by atoms with van der Waals surface area (Å²) in [5, 5.41) is 41.4. The van der Waals surface area contributed by atoms with Crippen molar-refractivity contribution in [2.24, 2.45) is 23.7 Å². The molecule has 6 nitrogen and oxygen atoms in total. The maximum absolute atomic E-state index is 15.3. The maximum atomic E-state index is 15.3. The first-order chi connectivity index (χ1) is 65.9. The molecule has 0 bridgehead atoms. The van der Waals surface area contributed by atoms with Gasteiger partial charge in [-0.1, -0.05) is 382 Å². The van der Waals surface area contributed by atoms with E-state index in [2.05, 4.69) is 165 Å². The van der Waals surface area contributed by atoms with Crippen molar-refractivity contribution in [3.05, 3.63) is 302 Å². The predicted molar refractivity (Wildman–Crippen MR) is 559 cm³/mol. The number of thiophene rings is 5. The Kier molecular flexibility index (Phi) is 34.1. The number of allylic oxidation sites excluding steroid dienone is 10. The monoisotopic (exact) mass is 1890 g/mol. The van der Waals surface area contributed by atoms with Crippen LogP contribution in [0, 0.1) is 92.3 Å². The lowest BCUT2D eigenvalue weighted by Crippen LogP contribution is -2.29. The number of halogens is 4. The number of hydrogen-bond acceptors (Lipinski definition) is 11. The molecule has 4 unspecified atom stereocenters. The molecule has 4 aliphatic carbocycles. The third-order valence-corrected chi connectivity index (χ3v) is 35.5. The first-order valence-electron chi connectivity index (χ1n) is 50.6. The van der Waals surface area contributed by atoms with Gasteiger partial charge in [-0.2, -0.15) is 21.0 Å². The molecule has 0 fully saturated rings. The number of nitrogens with zero attached hydrogens (tertiary/aromatic N) is 4. The average Bonchev–Trinajstić information content (AvgIpc) is 1.48. The highest BCUT2D eigenvalue weighted by atomic mass is 32.1. The minimum Gasteiger partial charge on any atom is -0.289 e. The summed E-state index contributed by atoms with van der Waals surface area (Å²) in [4.78, 5) is 35.5. The molecule has 0 N–H and O–H groups in total. The van der Waals surface area contributed by atoms with Gasteiger partial charge in [0.15, 0.2) is 34.8 Å². The minimum atomic E-state index is -1.20. The summed E-state index contributed by atoms with van der Waals surface area (Å²) >= 11 is 9.08. The number of rotatable bonds is 48. The molecule has 5 heterocycles. The van der Waals surface area contributed by atoms with Crippen molar-refractivity contribution in [2.45, 2.75) is 297 Å². The van der Waals surface area contributed by atoms with Crippen LogP contribution in [0.1, 0.15) is 369 Å². The number of unbranched alkanes of at least 4 members (excludes halogenated alkanes) is 16. The van der Waals surface area contributed by atoms with E-state index in [4.69, 9.17) is 0 Å². The number of fused-ring (bicyclic) bond motifs is 13. The van der Waals surface area contributed by atoms with Gasteiger partial charge < -0.3 is 0 Å². The normalized spacial score (nSPS) is 16.8. The molecule has 0 aliphatic heterocycles. The molecule has 15 heteroatoms. The molecule has 4 atom stereocenters. The summed E-state index contributed by atoms with van der Waals surface area (Å²) in [5.41, 5.74) is 12.1. The summed E-state index contributed by atoms with van der Waals surface area (Å²) < 4.78 is 65.3. The average molecular weight is 1890 g/mol. The van der Waals surface area contributed by atoms with Crippen LogP contribution >= 0.6 is 56.7 Å². The van der Waals surface area contributed by atoms with Crippen LogP contribution in [-0.4, -0.2) is 11.6 Å². The van der Waals surface area contributed by atoms with Crippen LogP contribution < -0.4 is 0 Å². The van der Waals surface area contributed by atoms with Crippen molar-refractivity contribution in [3.8, 4) is 43.8 Å². The molecule has 698 valence electrons. The van der Waals surface area contributed by atoms with Crippen LogP contribution in [0.3, 0.4) is 0 Å². The fourth-order valence-corrected chi connectivity index (χ4v) is 29.3. The van der Waals surface area contributed by atoms with Crippen LogP contribution in [0.15, 0.2) is 180 Å². The Hall–Kier alpha value is -10.2. The van der Waals surface area contributed by atoms with E-state index in [1.54, 1.807) is 47.0 Å². The van der Waals surface area contributed by atoms with Gasteiger partial charge in [-0.25, -0.2) is 17.6 Å². The number of nitriles is 4. The first kappa shape index (κ1) is 99.3. The van der Waals surface area contributed by atoms with E-state index in [0.717, 1.165) is 105 Å². The zero-order chi connectivity index (χ0) is 94.9. The molecule has 6 aromatic carbocycles. The molecule has 0 radical (unpaired) electrons. The molecule has 5 aromatic heterocycles. The second kappa shape index (κ2) is 46.3. The van der Waals surface area contributed by atoms with Gasteiger partial charge in [0.25, 0.3) is 0 Å². The molecule has 0 amide bonds.